The number of carbonyl (C=O) groups is 2. The monoisotopic (exact) mass is 399 g/mol. The summed E-state index contributed by atoms with van der Waals surface area (Å²) in [7, 11) is 0. The molecule has 0 radical (unpaired) electrons. The second kappa shape index (κ2) is 10.1. The van der Waals surface area contributed by atoms with Crippen molar-refractivity contribution in [2.24, 2.45) is 0 Å². The van der Waals surface area contributed by atoms with E-state index in [0.717, 1.165) is 36.8 Å². The fraction of sp³-hybridized carbons (Fsp3) is 0.381. The van der Waals surface area contributed by atoms with E-state index in [1.807, 2.05) is 41.3 Å². The number of hydrogen-bond donors (Lipinski definition) is 0. The Kier molecular flexibility index (Phi) is 7.31. The maximum absolute atomic E-state index is 12.6. The van der Waals surface area contributed by atoms with Gasteiger partial charge in [0.25, 0.3) is 0 Å². The lowest BCUT2D eigenvalue weighted by Gasteiger charge is -2.23. The van der Waals surface area contributed by atoms with Crippen LogP contribution in [0.4, 0.5) is 5.82 Å². The molecule has 1 fully saturated rings. The summed E-state index contributed by atoms with van der Waals surface area (Å²) in [6, 6.07) is 13.6. The van der Waals surface area contributed by atoms with Crippen LogP contribution in [-0.2, 0) is 9.53 Å². The zero-order valence-corrected chi connectivity index (χ0v) is 16.9. The molecular weight excluding hydrogens is 374 g/mol. The fourth-order valence-electron chi connectivity index (χ4n) is 3.06. The summed E-state index contributed by atoms with van der Waals surface area (Å²) in [5, 5.41) is 0. The van der Waals surface area contributed by atoms with Gasteiger partial charge in [0.1, 0.15) is 5.82 Å². The third-order valence-corrected chi connectivity index (χ3v) is 5.53. The Morgan fingerprint density at radius 1 is 1.07 bits per heavy atom. The van der Waals surface area contributed by atoms with Crippen molar-refractivity contribution in [2.75, 3.05) is 43.4 Å². The van der Waals surface area contributed by atoms with Gasteiger partial charge in [-0.05, 0) is 37.6 Å². The topological polar surface area (TPSA) is 62.7 Å². The molecule has 0 spiro atoms. The number of nitrogens with zero attached hydrogens (tertiary/aromatic N) is 3. The highest BCUT2D eigenvalue weighted by Gasteiger charge is 2.20. The van der Waals surface area contributed by atoms with Crippen LogP contribution in [0.1, 0.15) is 23.7 Å². The SMILES string of the molecule is CCOC(=O)c1ccc(N2CCCN(C(=O)CSc3ccccc3)CC2)nc1. The van der Waals surface area contributed by atoms with Gasteiger partial charge in [-0.2, -0.15) is 0 Å². The Balaban J connectivity index is 1.52. The summed E-state index contributed by atoms with van der Waals surface area (Å²) in [6.07, 6.45) is 2.45. The minimum Gasteiger partial charge on any atom is -0.462 e. The van der Waals surface area contributed by atoms with E-state index in [9.17, 15) is 9.59 Å². The van der Waals surface area contributed by atoms with Gasteiger partial charge in [0.05, 0.1) is 17.9 Å². The summed E-state index contributed by atoms with van der Waals surface area (Å²) in [6.45, 7) is 5.12. The molecule has 0 aliphatic carbocycles. The van der Waals surface area contributed by atoms with E-state index in [4.69, 9.17) is 4.74 Å². The minimum absolute atomic E-state index is 0.168. The number of amides is 1. The molecular formula is C21H25N3O3S. The highest BCUT2D eigenvalue weighted by atomic mass is 32.2. The van der Waals surface area contributed by atoms with E-state index in [2.05, 4.69) is 9.88 Å². The number of aromatic nitrogens is 1. The van der Waals surface area contributed by atoms with Crippen molar-refractivity contribution in [3.05, 3.63) is 54.2 Å². The lowest BCUT2D eigenvalue weighted by Crippen LogP contribution is -2.36. The quantitative estimate of drug-likeness (QED) is 0.549. The Hall–Kier alpha value is -2.54. The van der Waals surface area contributed by atoms with Crippen molar-refractivity contribution in [3.8, 4) is 0 Å². The molecule has 2 aromatic rings. The van der Waals surface area contributed by atoms with E-state index in [1.165, 1.54) is 0 Å². The Bertz CT molecular complexity index is 783. The standard InChI is InChI=1S/C21H25N3O3S/c1-2-27-21(26)17-9-10-19(22-15-17)23-11-6-12-24(14-13-23)20(25)16-28-18-7-4-3-5-8-18/h3-5,7-10,15H,2,6,11-14,16H2,1H3. The molecule has 1 amide bonds. The summed E-state index contributed by atoms with van der Waals surface area (Å²) >= 11 is 1.57. The van der Waals surface area contributed by atoms with Crippen molar-refractivity contribution in [1.29, 1.82) is 0 Å². The molecule has 0 saturated carbocycles. The average Bonchev–Trinajstić information content (AvgIpc) is 2.99. The van der Waals surface area contributed by atoms with E-state index in [0.29, 0.717) is 24.5 Å². The molecule has 2 heterocycles. The van der Waals surface area contributed by atoms with Crippen molar-refractivity contribution in [3.63, 3.8) is 0 Å². The van der Waals surface area contributed by atoms with Crippen LogP contribution in [-0.4, -0.2) is 60.3 Å². The number of thioether (sulfide) groups is 1. The van der Waals surface area contributed by atoms with Gasteiger partial charge in [-0.1, -0.05) is 18.2 Å². The van der Waals surface area contributed by atoms with Crippen LogP contribution in [0.5, 0.6) is 0 Å². The number of benzene rings is 1. The van der Waals surface area contributed by atoms with Crippen LogP contribution in [0, 0.1) is 0 Å². The first-order valence-corrected chi connectivity index (χ1v) is 10.5. The summed E-state index contributed by atoms with van der Waals surface area (Å²) in [5.74, 6) is 1.09. The second-order valence-corrected chi connectivity index (χ2v) is 7.50. The van der Waals surface area contributed by atoms with Crippen molar-refractivity contribution >= 4 is 29.5 Å². The minimum atomic E-state index is -0.356. The summed E-state index contributed by atoms with van der Waals surface area (Å²) < 4.78 is 4.99. The first kappa shape index (κ1) is 20.2. The van der Waals surface area contributed by atoms with Crippen molar-refractivity contribution in [2.45, 2.75) is 18.2 Å². The molecule has 0 unspecified atom stereocenters. The van der Waals surface area contributed by atoms with Crippen LogP contribution < -0.4 is 4.90 Å². The largest absolute Gasteiger partial charge is 0.462 e. The van der Waals surface area contributed by atoms with Gasteiger partial charge in [0.15, 0.2) is 0 Å². The lowest BCUT2D eigenvalue weighted by molar-refractivity contribution is -0.128. The van der Waals surface area contributed by atoms with E-state index in [1.54, 1.807) is 30.9 Å². The number of carbonyl (C=O) groups excluding carboxylic acids is 2. The molecule has 0 bridgehead atoms. The van der Waals surface area contributed by atoms with Crippen molar-refractivity contribution in [1.82, 2.24) is 9.88 Å². The van der Waals surface area contributed by atoms with E-state index < -0.39 is 0 Å². The highest BCUT2D eigenvalue weighted by Crippen LogP contribution is 2.19. The van der Waals surface area contributed by atoms with Crippen LogP contribution in [0.3, 0.4) is 0 Å². The van der Waals surface area contributed by atoms with Gasteiger partial charge < -0.3 is 14.5 Å². The third-order valence-electron chi connectivity index (χ3n) is 4.54. The van der Waals surface area contributed by atoms with Gasteiger partial charge in [0, 0.05) is 37.3 Å². The molecule has 1 aromatic carbocycles. The number of hydrogen-bond acceptors (Lipinski definition) is 6. The molecule has 6 nitrogen and oxygen atoms in total. The molecule has 1 aromatic heterocycles. The van der Waals surface area contributed by atoms with Crippen LogP contribution in [0.2, 0.25) is 0 Å². The van der Waals surface area contributed by atoms with Gasteiger partial charge in [-0.15, -0.1) is 11.8 Å². The van der Waals surface area contributed by atoms with Gasteiger partial charge in [-0.25, -0.2) is 9.78 Å². The molecule has 7 heteroatoms. The predicted octanol–water partition coefficient (Wildman–Crippen LogP) is 3.09. The first-order chi connectivity index (χ1) is 13.7. The average molecular weight is 400 g/mol. The van der Waals surface area contributed by atoms with Crippen LogP contribution >= 0.6 is 11.8 Å². The fourth-order valence-corrected chi connectivity index (χ4v) is 3.88. The van der Waals surface area contributed by atoms with Crippen LogP contribution in [0.25, 0.3) is 0 Å². The number of anilines is 1. The molecule has 0 atom stereocenters. The highest BCUT2D eigenvalue weighted by molar-refractivity contribution is 8.00. The normalized spacial score (nSPS) is 14.5. The number of rotatable bonds is 6. The predicted molar refractivity (Wildman–Crippen MR) is 111 cm³/mol. The Labute approximate surface area is 169 Å². The van der Waals surface area contributed by atoms with Crippen molar-refractivity contribution < 1.29 is 14.3 Å². The number of pyridine rings is 1. The Morgan fingerprint density at radius 3 is 2.61 bits per heavy atom. The smallest absolute Gasteiger partial charge is 0.339 e. The second-order valence-electron chi connectivity index (χ2n) is 6.45. The molecule has 3 rings (SSSR count). The van der Waals surface area contributed by atoms with E-state index in [-0.39, 0.29) is 11.9 Å². The van der Waals surface area contributed by atoms with E-state index >= 15 is 0 Å². The maximum atomic E-state index is 12.6. The zero-order valence-electron chi connectivity index (χ0n) is 16.0. The molecule has 28 heavy (non-hydrogen) atoms. The molecule has 1 aliphatic rings. The summed E-state index contributed by atoms with van der Waals surface area (Å²) in [5.41, 5.74) is 0.454. The summed E-state index contributed by atoms with van der Waals surface area (Å²) in [4.78, 5) is 33.9. The maximum Gasteiger partial charge on any atom is 0.339 e. The molecule has 148 valence electrons. The van der Waals surface area contributed by atoms with Gasteiger partial charge in [0.2, 0.25) is 5.91 Å². The number of ether oxygens (including phenoxy) is 1. The lowest BCUT2D eigenvalue weighted by atomic mass is 10.2. The first-order valence-electron chi connectivity index (χ1n) is 9.51. The van der Waals surface area contributed by atoms with Gasteiger partial charge >= 0.3 is 5.97 Å². The molecule has 0 N–H and O–H groups in total. The molecule has 1 saturated heterocycles. The van der Waals surface area contributed by atoms with Crippen LogP contribution in [0.15, 0.2) is 53.6 Å². The number of esters is 1. The van der Waals surface area contributed by atoms with Gasteiger partial charge in [-0.3, -0.25) is 4.79 Å². The molecule has 1 aliphatic heterocycles. The Morgan fingerprint density at radius 2 is 1.89 bits per heavy atom. The zero-order chi connectivity index (χ0) is 19.8. The third kappa shape index (κ3) is 5.48.